The summed E-state index contributed by atoms with van der Waals surface area (Å²) in [6.07, 6.45) is 21.8. The Morgan fingerprint density at radius 1 is 0.633 bits per heavy atom. The van der Waals surface area contributed by atoms with E-state index >= 15 is 0 Å². The first-order chi connectivity index (χ1) is 14.3. The molecule has 0 aromatic heterocycles. The van der Waals surface area contributed by atoms with Gasteiger partial charge in [0.15, 0.2) is 0 Å². The number of carbonyl (C=O) groups is 1. The second kappa shape index (κ2) is 23.0. The van der Waals surface area contributed by atoms with E-state index in [0.29, 0.717) is 6.42 Å². The molecule has 1 atom stereocenters. The fourth-order valence-corrected chi connectivity index (χ4v) is 3.27. The van der Waals surface area contributed by atoms with Gasteiger partial charge in [0.05, 0.1) is 0 Å². The van der Waals surface area contributed by atoms with Crippen molar-refractivity contribution in [1.29, 1.82) is 0 Å². The molecule has 0 aliphatic carbocycles. The third-order valence-corrected chi connectivity index (χ3v) is 5.33. The van der Waals surface area contributed by atoms with Crippen molar-refractivity contribution in [3.05, 3.63) is 0 Å². The van der Waals surface area contributed by atoms with Crippen molar-refractivity contribution in [2.75, 3.05) is 0 Å². The average molecular weight is 435 g/mol. The Kier molecular flexibility index (Phi) is 24.1. The summed E-state index contributed by atoms with van der Waals surface area (Å²) in [6.45, 7) is 3.79. The third kappa shape index (κ3) is 27.3. The minimum absolute atomic E-state index is 0.101. The molecule has 0 aliphatic rings. The van der Waals surface area contributed by atoms with Gasteiger partial charge in [0, 0.05) is 6.42 Å². The zero-order chi connectivity index (χ0) is 23.1. The van der Waals surface area contributed by atoms with Gasteiger partial charge in [0.1, 0.15) is 6.10 Å². The summed E-state index contributed by atoms with van der Waals surface area (Å²) in [6, 6.07) is 0. The van der Waals surface area contributed by atoms with Crippen LogP contribution in [0.4, 0.5) is 0 Å². The molecule has 0 heterocycles. The van der Waals surface area contributed by atoms with Crippen molar-refractivity contribution in [1.82, 2.24) is 0 Å². The largest absolute Gasteiger partial charge is 0.481 e. The number of carboxylic acids is 1. The summed E-state index contributed by atoms with van der Waals surface area (Å²) < 4.78 is 0. The van der Waals surface area contributed by atoms with Crippen molar-refractivity contribution < 1.29 is 30.3 Å². The van der Waals surface area contributed by atoms with Crippen LogP contribution in [0.1, 0.15) is 136 Å². The molecule has 0 aliphatic heterocycles. The second-order valence-corrected chi connectivity index (χ2v) is 8.41. The van der Waals surface area contributed by atoms with Gasteiger partial charge in [-0.1, -0.05) is 117 Å². The van der Waals surface area contributed by atoms with Gasteiger partial charge in [-0.3, -0.25) is 4.79 Å². The maximum atomic E-state index is 10.4. The fraction of sp³-hybridized carbons (Fsp3) is 0.958. The van der Waals surface area contributed by atoms with Crippen LogP contribution in [0.2, 0.25) is 0 Å². The van der Waals surface area contributed by atoms with Crippen LogP contribution in [0.3, 0.4) is 0 Å². The molecule has 5 N–H and O–H groups in total. The van der Waals surface area contributed by atoms with Crippen molar-refractivity contribution >= 4 is 5.97 Å². The molecular weight excluding hydrogens is 384 g/mol. The summed E-state index contributed by atoms with van der Waals surface area (Å²) in [5.74, 6) is -3.59. The maximum Gasteiger partial charge on any atom is 0.303 e. The average Bonchev–Trinajstić information content (AvgIpc) is 2.69. The Bertz CT molecular complexity index is 354. The van der Waals surface area contributed by atoms with Gasteiger partial charge in [-0.15, -0.1) is 0 Å². The zero-order valence-corrected chi connectivity index (χ0v) is 19.7. The van der Waals surface area contributed by atoms with Crippen LogP contribution < -0.4 is 0 Å². The van der Waals surface area contributed by atoms with Crippen LogP contribution in [0.15, 0.2) is 0 Å². The molecule has 0 bridgehead atoms. The van der Waals surface area contributed by atoms with Gasteiger partial charge in [-0.2, -0.15) is 0 Å². The summed E-state index contributed by atoms with van der Waals surface area (Å²) in [7, 11) is 0. The molecule has 0 spiro atoms. The van der Waals surface area contributed by atoms with E-state index in [0.717, 1.165) is 12.8 Å². The summed E-state index contributed by atoms with van der Waals surface area (Å²) in [5.41, 5.74) is 0. The van der Waals surface area contributed by atoms with Crippen LogP contribution in [-0.2, 0) is 4.79 Å². The number of hydrogen-bond donors (Lipinski definition) is 5. The Morgan fingerprint density at radius 3 is 1.13 bits per heavy atom. The van der Waals surface area contributed by atoms with E-state index in [9.17, 15) is 4.79 Å². The number of aliphatic carboxylic acids is 1. The first kappa shape index (κ1) is 31.5. The summed E-state index contributed by atoms with van der Waals surface area (Å²) in [5, 5.41) is 41.4. The quantitative estimate of drug-likeness (QED) is 0.127. The zero-order valence-electron chi connectivity index (χ0n) is 19.7. The molecule has 1 unspecified atom stereocenters. The predicted molar refractivity (Wildman–Crippen MR) is 122 cm³/mol. The first-order valence-corrected chi connectivity index (χ1v) is 12.3. The van der Waals surface area contributed by atoms with Gasteiger partial charge >= 0.3 is 11.9 Å². The molecule has 0 saturated carbocycles. The molecule has 0 aromatic rings. The van der Waals surface area contributed by atoms with Gasteiger partial charge < -0.3 is 25.5 Å². The lowest BCUT2D eigenvalue weighted by Gasteiger charge is -2.18. The SMILES string of the molecule is CCC(O)C(O)(O)O.CCCCCCCCCCCCCCCCCCCC(=O)O. The highest BCUT2D eigenvalue weighted by Crippen LogP contribution is 2.14. The lowest BCUT2D eigenvalue weighted by atomic mass is 10.0. The molecule has 6 heteroatoms. The third-order valence-electron chi connectivity index (χ3n) is 5.33. The van der Waals surface area contributed by atoms with Crippen molar-refractivity contribution in [3.63, 3.8) is 0 Å². The molecule has 0 aromatic carbocycles. The molecule has 0 radical (unpaired) electrons. The number of carboxylic acid groups (broad SMARTS) is 1. The lowest BCUT2D eigenvalue weighted by molar-refractivity contribution is -0.354. The number of aliphatic hydroxyl groups excluding tert-OH is 1. The van der Waals surface area contributed by atoms with Crippen LogP contribution in [0, 0.1) is 0 Å². The second-order valence-electron chi connectivity index (χ2n) is 8.41. The predicted octanol–water partition coefficient (Wildman–Crippen LogP) is 5.50. The normalized spacial score (nSPS) is 12.3. The number of unbranched alkanes of at least 4 members (excludes halogenated alkanes) is 16. The molecular formula is C24H50O6. The van der Waals surface area contributed by atoms with Gasteiger partial charge in [0.2, 0.25) is 0 Å². The summed E-state index contributed by atoms with van der Waals surface area (Å²) in [4.78, 5) is 10.4. The Morgan fingerprint density at radius 2 is 0.933 bits per heavy atom. The van der Waals surface area contributed by atoms with E-state index in [1.807, 2.05) is 0 Å². The summed E-state index contributed by atoms with van der Waals surface area (Å²) >= 11 is 0. The fourth-order valence-electron chi connectivity index (χ4n) is 3.27. The Balaban J connectivity index is 0. The van der Waals surface area contributed by atoms with Crippen LogP contribution >= 0.6 is 0 Å². The topological polar surface area (TPSA) is 118 Å². The van der Waals surface area contributed by atoms with Crippen LogP contribution in [-0.4, -0.2) is 43.6 Å². The Labute approximate surface area is 184 Å². The number of aliphatic hydroxyl groups is 4. The maximum absolute atomic E-state index is 10.4. The standard InChI is InChI=1S/C20H40O2.C4H10O4/c1-2-3-4-5-6-7-8-9-10-11-12-13-14-15-16-17-18-19-20(21)22;1-2-3(5)4(6,7)8/h2-19H2,1H3,(H,21,22);3,5-8H,2H2,1H3. The Hall–Kier alpha value is -0.690. The highest BCUT2D eigenvalue weighted by molar-refractivity contribution is 5.66. The van der Waals surface area contributed by atoms with Crippen molar-refractivity contribution in [3.8, 4) is 0 Å². The highest BCUT2D eigenvalue weighted by atomic mass is 16.7. The molecule has 0 fully saturated rings. The molecule has 0 rings (SSSR count). The van der Waals surface area contributed by atoms with Crippen LogP contribution in [0.5, 0.6) is 0 Å². The van der Waals surface area contributed by atoms with Crippen molar-refractivity contribution in [2.24, 2.45) is 0 Å². The van der Waals surface area contributed by atoms with Gasteiger partial charge in [-0.25, -0.2) is 0 Å². The lowest BCUT2D eigenvalue weighted by Crippen LogP contribution is -2.41. The number of hydrogen-bond acceptors (Lipinski definition) is 5. The monoisotopic (exact) mass is 434 g/mol. The van der Waals surface area contributed by atoms with Crippen LogP contribution in [0.25, 0.3) is 0 Å². The molecule has 30 heavy (non-hydrogen) atoms. The molecule has 6 nitrogen and oxygen atoms in total. The minimum Gasteiger partial charge on any atom is -0.481 e. The first-order valence-electron chi connectivity index (χ1n) is 12.3. The minimum atomic E-state index is -2.94. The molecule has 182 valence electrons. The van der Waals surface area contributed by atoms with E-state index in [4.69, 9.17) is 25.5 Å². The van der Waals surface area contributed by atoms with Gasteiger partial charge in [0.25, 0.3) is 0 Å². The van der Waals surface area contributed by atoms with Crippen molar-refractivity contribution in [2.45, 2.75) is 148 Å². The molecule has 0 amide bonds. The number of rotatable bonds is 20. The van der Waals surface area contributed by atoms with E-state index in [-0.39, 0.29) is 6.42 Å². The highest BCUT2D eigenvalue weighted by Gasteiger charge is 2.27. The van der Waals surface area contributed by atoms with E-state index in [1.165, 1.54) is 103 Å². The van der Waals surface area contributed by atoms with E-state index in [2.05, 4.69) is 6.92 Å². The van der Waals surface area contributed by atoms with E-state index in [1.54, 1.807) is 0 Å². The smallest absolute Gasteiger partial charge is 0.303 e. The molecule has 0 saturated heterocycles. The van der Waals surface area contributed by atoms with Gasteiger partial charge in [-0.05, 0) is 12.8 Å². The van der Waals surface area contributed by atoms with E-state index < -0.39 is 18.0 Å².